The van der Waals surface area contributed by atoms with Gasteiger partial charge in [-0.15, -0.1) is 0 Å². The predicted octanol–water partition coefficient (Wildman–Crippen LogP) is 4.79. The van der Waals surface area contributed by atoms with E-state index in [4.69, 9.17) is 0 Å². The van der Waals surface area contributed by atoms with Gasteiger partial charge < -0.3 is 5.32 Å². The molecule has 1 N–H and O–H groups in total. The zero-order valence-electron chi connectivity index (χ0n) is 12.4. The topological polar surface area (TPSA) is 12.0 Å². The number of rotatable bonds is 7. The summed E-state index contributed by atoms with van der Waals surface area (Å²) in [5.74, 6) is 0.480. The fourth-order valence-corrected chi connectivity index (χ4v) is 2.52. The van der Waals surface area contributed by atoms with Crippen LogP contribution in [0, 0.1) is 17.2 Å². The number of halogens is 2. The van der Waals surface area contributed by atoms with Gasteiger partial charge in [-0.25, -0.2) is 4.39 Å². The number of hydrogen-bond donors (Lipinski definition) is 1. The maximum atomic E-state index is 13.6. The molecule has 1 atom stereocenters. The van der Waals surface area contributed by atoms with Gasteiger partial charge in [0.1, 0.15) is 5.82 Å². The molecule has 0 aliphatic heterocycles. The molecule has 0 radical (unpaired) electrons. The van der Waals surface area contributed by atoms with E-state index in [-0.39, 0.29) is 11.2 Å². The third-order valence-electron chi connectivity index (χ3n) is 3.61. The van der Waals surface area contributed by atoms with Crippen LogP contribution in [0.15, 0.2) is 22.7 Å². The number of hydrogen-bond acceptors (Lipinski definition) is 1. The second kappa shape index (κ2) is 7.39. The lowest BCUT2D eigenvalue weighted by Gasteiger charge is -2.29. The highest BCUT2D eigenvalue weighted by molar-refractivity contribution is 9.10. The van der Waals surface area contributed by atoms with E-state index in [0.29, 0.717) is 10.4 Å². The first-order valence-electron chi connectivity index (χ1n) is 7.01. The van der Waals surface area contributed by atoms with Crippen molar-refractivity contribution >= 4 is 15.9 Å². The van der Waals surface area contributed by atoms with Crippen molar-refractivity contribution in [2.75, 3.05) is 13.1 Å². The van der Waals surface area contributed by atoms with Crippen molar-refractivity contribution in [3.63, 3.8) is 0 Å². The van der Waals surface area contributed by atoms with Crippen LogP contribution in [0.25, 0.3) is 0 Å². The maximum Gasteiger partial charge on any atom is 0.137 e. The van der Waals surface area contributed by atoms with Crippen molar-refractivity contribution in [3.05, 3.63) is 34.1 Å². The van der Waals surface area contributed by atoms with Gasteiger partial charge in [0.15, 0.2) is 0 Å². The van der Waals surface area contributed by atoms with Crippen molar-refractivity contribution < 1.29 is 4.39 Å². The molecule has 0 saturated heterocycles. The van der Waals surface area contributed by atoms with E-state index in [1.54, 1.807) is 6.07 Å². The molecule has 19 heavy (non-hydrogen) atoms. The second-order valence-corrected chi connectivity index (χ2v) is 6.87. The van der Waals surface area contributed by atoms with Crippen molar-refractivity contribution in [1.29, 1.82) is 0 Å². The molecule has 1 nitrogen and oxygen atoms in total. The minimum atomic E-state index is -0.175. The first-order chi connectivity index (χ1) is 8.88. The monoisotopic (exact) mass is 329 g/mol. The zero-order valence-corrected chi connectivity index (χ0v) is 14.0. The van der Waals surface area contributed by atoms with Crippen molar-refractivity contribution in [3.8, 4) is 0 Å². The summed E-state index contributed by atoms with van der Waals surface area (Å²) < 4.78 is 14.2. The van der Waals surface area contributed by atoms with Gasteiger partial charge >= 0.3 is 0 Å². The number of benzene rings is 1. The van der Waals surface area contributed by atoms with Gasteiger partial charge in [0.25, 0.3) is 0 Å². The lowest BCUT2D eigenvalue weighted by molar-refractivity contribution is 0.284. The Kier molecular flexibility index (Phi) is 6.48. The second-order valence-electron chi connectivity index (χ2n) is 6.08. The van der Waals surface area contributed by atoms with Crippen LogP contribution in [0.4, 0.5) is 4.39 Å². The Labute approximate surface area is 125 Å². The largest absolute Gasteiger partial charge is 0.316 e. The molecule has 0 aliphatic carbocycles. The summed E-state index contributed by atoms with van der Waals surface area (Å²) >= 11 is 3.36. The summed E-state index contributed by atoms with van der Waals surface area (Å²) in [6, 6.07) is 5.28. The molecule has 1 aromatic rings. The van der Waals surface area contributed by atoms with Gasteiger partial charge in [-0.05, 0) is 58.3 Å². The van der Waals surface area contributed by atoms with Crippen LogP contribution < -0.4 is 5.32 Å². The fraction of sp³-hybridized carbons (Fsp3) is 0.625. The third kappa shape index (κ3) is 5.23. The van der Waals surface area contributed by atoms with E-state index >= 15 is 0 Å². The lowest BCUT2D eigenvalue weighted by atomic mass is 9.81. The molecular formula is C16H25BrFN. The third-order valence-corrected chi connectivity index (χ3v) is 4.49. The quantitative estimate of drug-likeness (QED) is 0.758. The molecule has 1 aromatic carbocycles. The Hall–Kier alpha value is -0.410. The van der Waals surface area contributed by atoms with Crippen molar-refractivity contribution in [2.45, 2.75) is 40.5 Å². The van der Waals surface area contributed by atoms with Gasteiger partial charge in [0.2, 0.25) is 0 Å². The summed E-state index contributed by atoms with van der Waals surface area (Å²) in [5, 5.41) is 3.52. The summed E-state index contributed by atoms with van der Waals surface area (Å²) in [5.41, 5.74) is 1.21. The van der Waals surface area contributed by atoms with E-state index in [0.717, 1.165) is 31.5 Å². The fourth-order valence-electron chi connectivity index (χ4n) is 2.12. The van der Waals surface area contributed by atoms with Crippen LogP contribution in [0.1, 0.15) is 39.7 Å². The van der Waals surface area contributed by atoms with Crippen LogP contribution in [0.2, 0.25) is 0 Å². The van der Waals surface area contributed by atoms with Crippen LogP contribution in [0.3, 0.4) is 0 Å². The Morgan fingerprint density at radius 1 is 1.37 bits per heavy atom. The average molecular weight is 330 g/mol. The highest BCUT2D eigenvalue weighted by Crippen LogP contribution is 2.30. The van der Waals surface area contributed by atoms with Gasteiger partial charge in [0.05, 0.1) is 4.47 Å². The van der Waals surface area contributed by atoms with Gasteiger partial charge in [-0.3, -0.25) is 0 Å². The SMILES string of the molecule is CCC(C)(CNCC(C)C)Cc1cccc(F)c1Br. The summed E-state index contributed by atoms with van der Waals surface area (Å²) in [4.78, 5) is 0. The molecular weight excluding hydrogens is 305 g/mol. The van der Waals surface area contributed by atoms with Gasteiger partial charge in [-0.2, -0.15) is 0 Å². The molecule has 0 heterocycles. The van der Waals surface area contributed by atoms with Crippen LogP contribution in [-0.2, 0) is 6.42 Å². The molecule has 0 spiro atoms. The summed E-state index contributed by atoms with van der Waals surface area (Å²) in [7, 11) is 0. The molecule has 0 saturated carbocycles. The van der Waals surface area contributed by atoms with Gasteiger partial charge in [-0.1, -0.05) is 39.8 Å². The van der Waals surface area contributed by atoms with Crippen molar-refractivity contribution in [1.82, 2.24) is 5.32 Å². The van der Waals surface area contributed by atoms with E-state index in [9.17, 15) is 4.39 Å². The summed E-state index contributed by atoms with van der Waals surface area (Å²) in [6.45, 7) is 10.9. The molecule has 0 bridgehead atoms. The van der Waals surface area contributed by atoms with Crippen LogP contribution in [-0.4, -0.2) is 13.1 Å². The molecule has 0 aliphatic rings. The minimum Gasteiger partial charge on any atom is -0.316 e. The minimum absolute atomic E-state index is 0.158. The molecule has 0 aromatic heterocycles. The average Bonchev–Trinajstić information content (AvgIpc) is 2.34. The zero-order chi connectivity index (χ0) is 14.5. The predicted molar refractivity (Wildman–Crippen MR) is 83.9 cm³/mol. The van der Waals surface area contributed by atoms with E-state index in [1.807, 2.05) is 6.07 Å². The van der Waals surface area contributed by atoms with E-state index in [1.165, 1.54) is 6.07 Å². The maximum absolute atomic E-state index is 13.6. The molecule has 1 rings (SSSR count). The van der Waals surface area contributed by atoms with Crippen molar-refractivity contribution in [2.24, 2.45) is 11.3 Å². The highest BCUT2D eigenvalue weighted by Gasteiger charge is 2.24. The van der Waals surface area contributed by atoms with Gasteiger partial charge in [0, 0.05) is 6.54 Å². The Bertz CT molecular complexity index is 406. The molecule has 108 valence electrons. The van der Waals surface area contributed by atoms with E-state index in [2.05, 4.69) is 48.9 Å². The lowest BCUT2D eigenvalue weighted by Crippen LogP contribution is -2.35. The van der Waals surface area contributed by atoms with Crippen LogP contribution in [0.5, 0.6) is 0 Å². The normalized spacial score (nSPS) is 14.7. The summed E-state index contributed by atoms with van der Waals surface area (Å²) in [6.07, 6.45) is 1.95. The Morgan fingerprint density at radius 3 is 2.63 bits per heavy atom. The van der Waals surface area contributed by atoms with Crippen LogP contribution >= 0.6 is 15.9 Å². The molecule has 3 heteroatoms. The van der Waals surface area contributed by atoms with E-state index < -0.39 is 0 Å². The first-order valence-corrected chi connectivity index (χ1v) is 7.81. The number of nitrogens with one attached hydrogen (secondary N) is 1. The first kappa shape index (κ1) is 16.6. The molecule has 1 unspecified atom stereocenters. The Morgan fingerprint density at radius 2 is 2.05 bits per heavy atom. The molecule has 0 fully saturated rings. The smallest absolute Gasteiger partial charge is 0.137 e. The standard InChI is InChI=1S/C16H25BrFN/c1-5-16(4,11-19-10-12(2)3)9-13-7-6-8-14(18)15(13)17/h6-8,12,19H,5,9-11H2,1-4H3. The Balaban J connectivity index is 2.71. The molecule has 0 amide bonds. The highest BCUT2D eigenvalue weighted by atomic mass is 79.9.